The molecule has 6 nitrogen and oxygen atoms in total. The Kier molecular flexibility index (Phi) is 5.91. The minimum atomic E-state index is -0.109. The van der Waals surface area contributed by atoms with E-state index in [1.165, 1.54) is 0 Å². The minimum absolute atomic E-state index is 0.102. The second-order valence-corrected chi connectivity index (χ2v) is 7.23. The third-order valence-corrected chi connectivity index (χ3v) is 5.12. The van der Waals surface area contributed by atoms with Crippen LogP contribution in [-0.4, -0.2) is 34.8 Å². The molecular weight excluding hydrogens is 366 g/mol. The van der Waals surface area contributed by atoms with Gasteiger partial charge < -0.3 is 19.4 Å². The van der Waals surface area contributed by atoms with Crippen molar-refractivity contribution >= 4 is 5.91 Å². The van der Waals surface area contributed by atoms with Crippen molar-refractivity contribution in [1.82, 2.24) is 14.9 Å². The highest BCUT2D eigenvalue weighted by atomic mass is 16.5. The van der Waals surface area contributed by atoms with Gasteiger partial charge in [0.25, 0.3) is 5.91 Å². The number of benzene rings is 2. The van der Waals surface area contributed by atoms with E-state index in [2.05, 4.69) is 10.3 Å². The molecule has 1 saturated heterocycles. The zero-order chi connectivity index (χ0) is 20.1. The first-order valence-corrected chi connectivity index (χ1v) is 9.92. The van der Waals surface area contributed by atoms with Gasteiger partial charge in [-0.3, -0.25) is 4.79 Å². The molecule has 1 aliphatic heterocycles. The Morgan fingerprint density at radius 1 is 1.24 bits per heavy atom. The molecular formula is C23H25N3O3. The van der Waals surface area contributed by atoms with E-state index in [0.29, 0.717) is 12.2 Å². The highest BCUT2D eigenvalue weighted by molar-refractivity contribution is 5.94. The summed E-state index contributed by atoms with van der Waals surface area (Å²) in [5.74, 6) is 0.641. The Labute approximate surface area is 170 Å². The molecule has 1 amide bonds. The molecule has 6 heteroatoms. The van der Waals surface area contributed by atoms with Crippen LogP contribution in [0.2, 0.25) is 0 Å². The standard InChI is InChI=1S/C23H25N3O3/c1-17(18-4-8-20(9-5-18)26-13-12-24-16-26)25-23(27)19-6-10-21(11-7-19)29-15-22-3-2-14-28-22/h4-13,16-17,22H,2-3,14-15H2,1H3,(H,25,27)/t17-,22-/m1/s1. The lowest BCUT2D eigenvalue weighted by Gasteiger charge is -2.15. The molecule has 2 aromatic carbocycles. The Morgan fingerprint density at radius 2 is 2.03 bits per heavy atom. The molecule has 1 aliphatic rings. The summed E-state index contributed by atoms with van der Waals surface area (Å²) in [4.78, 5) is 16.6. The summed E-state index contributed by atoms with van der Waals surface area (Å²) < 4.78 is 13.3. The van der Waals surface area contributed by atoms with Gasteiger partial charge in [0, 0.05) is 30.3 Å². The fraction of sp³-hybridized carbons (Fsp3) is 0.304. The average Bonchev–Trinajstić information content (AvgIpc) is 3.47. The molecule has 1 N–H and O–H groups in total. The molecule has 0 bridgehead atoms. The van der Waals surface area contributed by atoms with Crippen molar-refractivity contribution in [2.75, 3.05) is 13.2 Å². The maximum atomic E-state index is 12.6. The second kappa shape index (κ2) is 8.92. The van der Waals surface area contributed by atoms with Crippen molar-refractivity contribution in [2.45, 2.75) is 31.9 Å². The lowest BCUT2D eigenvalue weighted by Crippen LogP contribution is -2.26. The van der Waals surface area contributed by atoms with Gasteiger partial charge in [-0.05, 0) is 61.7 Å². The summed E-state index contributed by atoms with van der Waals surface area (Å²) in [6.45, 7) is 3.35. The van der Waals surface area contributed by atoms with Crippen LogP contribution in [0.15, 0.2) is 67.3 Å². The number of rotatable bonds is 7. The molecule has 2 atom stereocenters. The lowest BCUT2D eigenvalue weighted by molar-refractivity contribution is 0.0679. The first kappa shape index (κ1) is 19.2. The molecule has 150 valence electrons. The molecule has 4 rings (SSSR count). The minimum Gasteiger partial charge on any atom is -0.491 e. The molecule has 0 saturated carbocycles. The average molecular weight is 391 g/mol. The van der Waals surface area contributed by atoms with E-state index in [1.807, 2.05) is 54.1 Å². The highest BCUT2D eigenvalue weighted by Gasteiger charge is 2.16. The van der Waals surface area contributed by atoms with Crippen molar-refractivity contribution in [2.24, 2.45) is 0 Å². The zero-order valence-corrected chi connectivity index (χ0v) is 16.5. The molecule has 0 radical (unpaired) electrons. The van der Waals surface area contributed by atoms with Crippen LogP contribution < -0.4 is 10.1 Å². The summed E-state index contributed by atoms with van der Waals surface area (Å²) in [5.41, 5.74) is 2.68. The van der Waals surface area contributed by atoms with Crippen LogP contribution in [0.5, 0.6) is 5.75 Å². The molecule has 0 unspecified atom stereocenters. The van der Waals surface area contributed by atoms with Crippen molar-refractivity contribution < 1.29 is 14.3 Å². The summed E-state index contributed by atoms with van der Waals surface area (Å²) in [5, 5.41) is 3.04. The van der Waals surface area contributed by atoms with E-state index in [4.69, 9.17) is 9.47 Å². The van der Waals surface area contributed by atoms with E-state index in [0.717, 1.165) is 36.4 Å². The zero-order valence-electron chi connectivity index (χ0n) is 16.5. The van der Waals surface area contributed by atoms with E-state index >= 15 is 0 Å². The SMILES string of the molecule is C[C@@H](NC(=O)c1ccc(OC[C@H]2CCCO2)cc1)c1ccc(-n2ccnc2)cc1. The number of amides is 1. The molecule has 1 aromatic heterocycles. The number of carbonyl (C=O) groups excluding carboxylic acids is 1. The molecule has 0 aliphatic carbocycles. The van der Waals surface area contributed by atoms with Crippen LogP contribution in [0.4, 0.5) is 0 Å². The van der Waals surface area contributed by atoms with Crippen LogP contribution in [0.25, 0.3) is 5.69 Å². The number of nitrogens with one attached hydrogen (secondary N) is 1. The van der Waals surface area contributed by atoms with Gasteiger partial charge in [-0.2, -0.15) is 0 Å². The van der Waals surface area contributed by atoms with Gasteiger partial charge in [0.1, 0.15) is 12.4 Å². The second-order valence-electron chi connectivity index (χ2n) is 7.23. The van der Waals surface area contributed by atoms with Gasteiger partial charge in [0.15, 0.2) is 0 Å². The topological polar surface area (TPSA) is 65.4 Å². The number of nitrogens with zero attached hydrogens (tertiary/aromatic N) is 2. The third kappa shape index (κ3) is 4.84. The highest BCUT2D eigenvalue weighted by Crippen LogP contribution is 2.19. The first-order valence-electron chi connectivity index (χ1n) is 9.92. The van der Waals surface area contributed by atoms with Crippen molar-refractivity contribution in [1.29, 1.82) is 0 Å². The molecule has 0 spiro atoms. The Hall–Kier alpha value is -3.12. The normalized spacial score (nSPS) is 17.1. The Morgan fingerprint density at radius 3 is 2.69 bits per heavy atom. The number of ether oxygens (including phenoxy) is 2. The largest absolute Gasteiger partial charge is 0.491 e. The molecule has 29 heavy (non-hydrogen) atoms. The van der Waals surface area contributed by atoms with Gasteiger partial charge in [0.05, 0.1) is 18.5 Å². The summed E-state index contributed by atoms with van der Waals surface area (Å²) >= 11 is 0. The van der Waals surface area contributed by atoms with Gasteiger partial charge in [-0.1, -0.05) is 12.1 Å². The fourth-order valence-electron chi connectivity index (χ4n) is 3.38. The fourth-order valence-corrected chi connectivity index (χ4v) is 3.38. The summed E-state index contributed by atoms with van der Waals surface area (Å²) in [7, 11) is 0. The lowest BCUT2D eigenvalue weighted by atomic mass is 10.1. The number of hydrogen-bond donors (Lipinski definition) is 1. The Bertz CT molecular complexity index is 915. The van der Waals surface area contributed by atoms with Gasteiger partial charge in [-0.25, -0.2) is 4.98 Å². The predicted molar refractivity (Wildman–Crippen MR) is 110 cm³/mol. The van der Waals surface area contributed by atoms with E-state index in [-0.39, 0.29) is 18.1 Å². The van der Waals surface area contributed by atoms with Crippen molar-refractivity contribution in [3.05, 3.63) is 78.4 Å². The van der Waals surface area contributed by atoms with Crippen LogP contribution in [0.1, 0.15) is 41.7 Å². The predicted octanol–water partition coefficient (Wildman–Crippen LogP) is 3.92. The summed E-state index contributed by atoms with van der Waals surface area (Å²) in [6.07, 6.45) is 7.72. The van der Waals surface area contributed by atoms with Crippen LogP contribution in [-0.2, 0) is 4.74 Å². The number of imidazole rings is 1. The third-order valence-electron chi connectivity index (χ3n) is 5.12. The molecule has 3 aromatic rings. The van der Waals surface area contributed by atoms with Gasteiger partial charge in [0.2, 0.25) is 0 Å². The number of aromatic nitrogens is 2. The maximum absolute atomic E-state index is 12.6. The molecule has 1 fully saturated rings. The van der Waals surface area contributed by atoms with E-state index < -0.39 is 0 Å². The monoisotopic (exact) mass is 391 g/mol. The van der Waals surface area contributed by atoms with Crippen molar-refractivity contribution in [3.8, 4) is 11.4 Å². The number of hydrogen-bond acceptors (Lipinski definition) is 4. The van der Waals surface area contributed by atoms with Gasteiger partial charge in [-0.15, -0.1) is 0 Å². The Balaban J connectivity index is 1.32. The quantitative estimate of drug-likeness (QED) is 0.663. The van der Waals surface area contributed by atoms with Crippen LogP contribution in [0, 0.1) is 0 Å². The van der Waals surface area contributed by atoms with E-state index in [9.17, 15) is 4.79 Å². The first-order chi connectivity index (χ1) is 14.2. The smallest absolute Gasteiger partial charge is 0.251 e. The molecule has 2 heterocycles. The van der Waals surface area contributed by atoms with Crippen LogP contribution in [0.3, 0.4) is 0 Å². The maximum Gasteiger partial charge on any atom is 0.251 e. The van der Waals surface area contributed by atoms with Gasteiger partial charge >= 0.3 is 0 Å². The van der Waals surface area contributed by atoms with Crippen molar-refractivity contribution in [3.63, 3.8) is 0 Å². The van der Waals surface area contributed by atoms with Crippen LogP contribution >= 0.6 is 0 Å². The van der Waals surface area contributed by atoms with E-state index in [1.54, 1.807) is 24.7 Å². The summed E-state index contributed by atoms with van der Waals surface area (Å²) in [6, 6.07) is 15.2. The number of carbonyl (C=O) groups is 1.